The van der Waals surface area contributed by atoms with Gasteiger partial charge in [0, 0.05) is 11.1 Å². The second kappa shape index (κ2) is 5.44. The van der Waals surface area contributed by atoms with Crippen molar-refractivity contribution in [2.75, 3.05) is 26.3 Å². The number of quaternary nitrogens is 1. The molecule has 1 fully saturated rings. The van der Waals surface area contributed by atoms with Crippen LogP contribution in [0.5, 0.6) is 0 Å². The Kier molecular flexibility index (Phi) is 3.22. The SMILES string of the molecule is c1ccc(-c2c3c(cc4ccccc24)C[N+]2(CCOCC2)C3)cc1. The maximum atomic E-state index is 5.63. The molecule has 3 aromatic carbocycles. The van der Waals surface area contributed by atoms with Gasteiger partial charge in [-0.25, -0.2) is 0 Å². The van der Waals surface area contributed by atoms with Crippen molar-refractivity contribution in [3.05, 3.63) is 71.8 Å². The summed E-state index contributed by atoms with van der Waals surface area (Å²) in [5.41, 5.74) is 5.89. The second-order valence-corrected chi connectivity index (χ2v) is 7.19. The first-order valence-corrected chi connectivity index (χ1v) is 8.86. The van der Waals surface area contributed by atoms with Crippen molar-refractivity contribution in [3.63, 3.8) is 0 Å². The quantitative estimate of drug-likeness (QED) is 0.606. The summed E-state index contributed by atoms with van der Waals surface area (Å²) in [6.45, 7) is 6.37. The van der Waals surface area contributed by atoms with Crippen molar-refractivity contribution in [2.24, 2.45) is 0 Å². The minimum Gasteiger partial charge on any atom is -0.370 e. The lowest BCUT2D eigenvalue weighted by Crippen LogP contribution is -2.50. The normalized spacial score (nSPS) is 18.8. The number of ether oxygens (including phenoxy) is 1. The zero-order valence-electron chi connectivity index (χ0n) is 13.9. The van der Waals surface area contributed by atoms with Crippen LogP contribution in [0.15, 0.2) is 60.7 Å². The van der Waals surface area contributed by atoms with Crippen molar-refractivity contribution in [2.45, 2.75) is 13.1 Å². The number of benzene rings is 3. The molecule has 120 valence electrons. The highest BCUT2D eigenvalue weighted by Crippen LogP contribution is 2.41. The van der Waals surface area contributed by atoms with E-state index in [1.807, 2.05) is 0 Å². The zero-order chi connectivity index (χ0) is 16.0. The summed E-state index contributed by atoms with van der Waals surface area (Å²) in [5.74, 6) is 0. The van der Waals surface area contributed by atoms with Gasteiger partial charge in [0.15, 0.2) is 0 Å². The monoisotopic (exact) mass is 316 g/mol. The molecule has 0 unspecified atom stereocenters. The maximum Gasteiger partial charge on any atom is 0.106 e. The highest BCUT2D eigenvalue weighted by atomic mass is 16.5. The second-order valence-electron chi connectivity index (χ2n) is 7.19. The van der Waals surface area contributed by atoms with Gasteiger partial charge >= 0.3 is 0 Å². The fourth-order valence-corrected chi connectivity index (χ4v) is 4.50. The number of morpholine rings is 1. The molecule has 2 heterocycles. The van der Waals surface area contributed by atoms with Crippen LogP contribution in [0.1, 0.15) is 11.1 Å². The van der Waals surface area contributed by atoms with E-state index in [0.717, 1.165) is 39.4 Å². The molecule has 1 spiro atoms. The van der Waals surface area contributed by atoms with Crippen LogP contribution in [0.25, 0.3) is 21.9 Å². The summed E-state index contributed by atoms with van der Waals surface area (Å²) < 4.78 is 6.80. The molecule has 24 heavy (non-hydrogen) atoms. The van der Waals surface area contributed by atoms with E-state index in [-0.39, 0.29) is 0 Å². The van der Waals surface area contributed by atoms with Crippen molar-refractivity contribution < 1.29 is 9.22 Å². The molecule has 2 aliphatic rings. The topological polar surface area (TPSA) is 9.23 Å². The van der Waals surface area contributed by atoms with Crippen molar-refractivity contribution >= 4 is 10.8 Å². The summed E-state index contributed by atoms with van der Waals surface area (Å²) >= 11 is 0. The van der Waals surface area contributed by atoms with E-state index >= 15 is 0 Å². The van der Waals surface area contributed by atoms with Crippen LogP contribution in [-0.4, -0.2) is 30.8 Å². The molecular weight excluding hydrogens is 294 g/mol. The van der Waals surface area contributed by atoms with E-state index < -0.39 is 0 Å². The zero-order valence-corrected chi connectivity index (χ0v) is 13.9. The Labute approximate surface area is 142 Å². The lowest BCUT2D eigenvalue weighted by Gasteiger charge is -2.37. The molecule has 1 saturated heterocycles. The van der Waals surface area contributed by atoms with Gasteiger partial charge in [-0.05, 0) is 28.0 Å². The summed E-state index contributed by atoms with van der Waals surface area (Å²) in [7, 11) is 0. The van der Waals surface area contributed by atoms with E-state index in [9.17, 15) is 0 Å². The third kappa shape index (κ3) is 2.18. The molecule has 3 aromatic rings. The first-order chi connectivity index (χ1) is 11.8. The minimum atomic E-state index is 0.897. The number of fused-ring (bicyclic) bond motifs is 2. The Hall–Kier alpha value is -2.16. The van der Waals surface area contributed by atoms with Crippen molar-refractivity contribution in [1.82, 2.24) is 0 Å². The van der Waals surface area contributed by atoms with Crippen LogP contribution in [0, 0.1) is 0 Å². The molecule has 0 N–H and O–H groups in total. The van der Waals surface area contributed by atoms with E-state index in [1.54, 1.807) is 5.56 Å². The maximum absolute atomic E-state index is 5.63. The molecule has 0 radical (unpaired) electrons. The van der Waals surface area contributed by atoms with Crippen molar-refractivity contribution in [1.29, 1.82) is 0 Å². The standard InChI is InChI=1S/C22H22NO/c1-2-6-17(7-3-1)22-20-9-5-4-8-18(20)14-19-15-23(16-21(19)22)10-12-24-13-11-23/h1-9,14H,10-13,15-16H2/q+1. The molecule has 2 aliphatic heterocycles. The molecule has 0 amide bonds. The average Bonchev–Trinajstić information content (AvgIpc) is 2.97. The van der Waals surface area contributed by atoms with Gasteiger partial charge in [0.05, 0.1) is 13.2 Å². The molecule has 0 aliphatic carbocycles. The number of rotatable bonds is 1. The van der Waals surface area contributed by atoms with Crippen LogP contribution in [-0.2, 0) is 17.8 Å². The van der Waals surface area contributed by atoms with E-state index in [0.29, 0.717) is 0 Å². The van der Waals surface area contributed by atoms with E-state index in [1.165, 1.54) is 31.9 Å². The van der Waals surface area contributed by atoms with Gasteiger partial charge in [-0.2, -0.15) is 0 Å². The lowest BCUT2D eigenvalue weighted by molar-refractivity contribution is -0.953. The van der Waals surface area contributed by atoms with Gasteiger partial charge in [0.25, 0.3) is 0 Å². The smallest absolute Gasteiger partial charge is 0.106 e. The van der Waals surface area contributed by atoms with Crippen molar-refractivity contribution in [3.8, 4) is 11.1 Å². The molecule has 0 atom stereocenters. The summed E-state index contributed by atoms with van der Waals surface area (Å²) in [6.07, 6.45) is 0. The molecule has 2 nitrogen and oxygen atoms in total. The van der Waals surface area contributed by atoms with Crippen LogP contribution < -0.4 is 0 Å². The Bertz CT molecular complexity index is 894. The number of hydrogen-bond acceptors (Lipinski definition) is 1. The fourth-order valence-electron chi connectivity index (χ4n) is 4.50. The summed E-state index contributed by atoms with van der Waals surface area (Å²) in [4.78, 5) is 0. The molecule has 5 rings (SSSR count). The molecule has 0 saturated carbocycles. The predicted molar refractivity (Wildman–Crippen MR) is 97.6 cm³/mol. The Morgan fingerprint density at radius 1 is 0.792 bits per heavy atom. The van der Waals surface area contributed by atoms with Crippen LogP contribution in [0.2, 0.25) is 0 Å². The van der Waals surface area contributed by atoms with Gasteiger partial charge < -0.3 is 9.22 Å². The molecular formula is C22H22NO+. The first kappa shape index (κ1) is 14.2. The van der Waals surface area contributed by atoms with Gasteiger partial charge in [0.2, 0.25) is 0 Å². The summed E-state index contributed by atoms with van der Waals surface area (Å²) in [6, 6.07) is 22.2. The van der Waals surface area contributed by atoms with Gasteiger partial charge in [-0.15, -0.1) is 0 Å². The van der Waals surface area contributed by atoms with E-state index in [2.05, 4.69) is 60.7 Å². The Morgan fingerprint density at radius 3 is 2.38 bits per heavy atom. The lowest BCUT2D eigenvalue weighted by atomic mass is 9.91. The van der Waals surface area contributed by atoms with Crippen LogP contribution in [0.4, 0.5) is 0 Å². The third-order valence-corrected chi connectivity index (χ3v) is 5.73. The Balaban J connectivity index is 1.75. The number of hydrogen-bond donors (Lipinski definition) is 0. The van der Waals surface area contributed by atoms with E-state index in [4.69, 9.17) is 4.74 Å². The highest BCUT2D eigenvalue weighted by molar-refractivity contribution is 5.99. The Morgan fingerprint density at radius 2 is 1.54 bits per heavy atom. The predicted octanol–water partition coefficient (Wildman–Crippen LogP) is 4.37. The molecule has 2 heteroatoms. The average molecular weight is 316 g/mol. The largest absolute Gasteiger partial charge is 0.370 e. The van der Waals surface area contributed by atoms with Gasteiger partial charge in [-0.3, -0.25) is 0 Å². The fraction of sp³-hybridized carbons (Fsp3) is 0.273. The minimum absolute atomic E-state index is 0.897. The molecule has 0 aromatic heterocycles. The molecule has 0 bridgehead atoms. The van der Waals surface area contributed by atoms with Gasteiger partial charge in [-0.1, -0.05) is 54.6 Å². The van der Waals surface area contributed by atoms with Crippen LogP contribution >= 0.6 is 0 Å². The number of nitrogens with zero attached hydrogens (tertiary/aromatic N) is 1. The summed E-state index contributed by atoms with van der Waals surface area (Å²) in [5, 5.41) is 2.75. The first-order valence-electron chi connectivity index (χ1n) is 8.86. The third-order valence-electron chi connectivity index (χ3n) is 5.73. The van der Waals surface area contributed by atoms with Crippen LogP contribution in [0.3, 0.4) is 0 Å². The highest BCUT2D eigenvalue weighted by Gasteiger charge is 2.39. The van der Waals surface area contributed by atoms with Gasteiger partial charge in [0.1, 0.15) is 26.2 Å².